The molecular formula is C17H25N3O. The van der Waals surface area contributed by atoms with Gasteiger partial charge in [0, 0.05) is 31.4 Å². The van der Waals surface area contributed by atoms with Crippen LogP contribution in [0, 0.1) is 5.92 Å². The second-order valence-electron chi connectivity index (χ2n) is 6.69. The standard InChI is InChI=1S/C17H25N3O/c1-19(2)15-7-9-20(17(21)11-13-5-6-13)16(15)10-14-4-3-8-18-12-14/h3-4,8,12-13,15-16H,5-7,9-11H2,1-2H3/t15-,16+/m1/s1. The van der Waals surface area contributed by atoms with Gasteiger partial charge in [-0.3, -0.25) is 9.78 Å². The van der Waals surface area contributed by atoms with Crippen molar-refractivity contribution in [2.45, 2.75) is 44.2 Å². The van der Waals surface area contributed by atoms with Gasteiger partial charge in [-0.25, -0.2) is 0 Å². The summed E-state index contributed by atoms with van der Waals surface area (Å²) in [6.07, 6.45) is 8.95. The fourth-order valence-electron chi connectivity index (χ4n) is 3.44. The molecular weight excluding hydrogens is 262 g/mol. The Morgan fingerprint density at radius 2 is 2.19 bits per heavy atom. The van der Waals surface area contributed by atoms with Crippen LogP contribution in [0.5, 0.6) is 0 Å². The summed E-state index contributed by atoms with van der Waals surface area (Å²) in [4.78, 5) is 21.2. The molecule has 2 fully saturated rings. The molecule has 1 aromatic heterocycles. The topological polar surface area (TPSA) is 36.4 Å². The van der Waals surface area contributed by atoms with Crippen LogP contribution in [-0.2, 0) is 11.2 Å². The zero-order valence-electron chi connectivity index (χ0n) is 13.0. The van der Waals surface area contributed by atoms with Crippen molar-refractivity contribution >= 4 is 5.91 Å². The number of carbonyl (C=O) groups is 1. The van der Waals surface area contributed by atoms with E-state index in [0.29, 0.717) is 17.9 Å². The predicted molar refractivity (Wildman–Crippen MR) is 82.9 cm³/mol. The third kappa shape index (κ3) is 3.43. The maximum absolute atomic E-state index is 12.6. The number of nitrogens with zero attached hydrogens (tertiary/aromatic N) is 3. The lowest BCUT2D eigenvalue weighted by Crippen LogP contribution is -2.45. The Kier molecular flexibility index (Phi) is 4.24. The SMILES string of the molecule is CN(C)[C@@H]1CCN(C(=O)CC2CC2)[C@H]1Cc1cccnc1. The average molecular weight is 287 g/mol. The number of likely N-dealkylation sites (tertiary alicyclic amines) is 1. The molecule has 0 bridgehead atoms. The third-order valence-corrected chi connectivity index (χ3v) is 4.82. The molecule has 0 aromatic carbocycles. The smallest absolute Gasteiger partial charge is 0.223 e. The quantitative estimate of drug-likeness (QED) is 0.830. The molecule has 1 amide bonds. The van der Waals surface area contributed by atoms with Gasteiger partial charge in [0.1, 0.15) is 0 Å². The van der Waals surface area contributed by atoms with Crippen LogP contribution < -0.4 is 0 Å². The van der Waals surface area contributed by atoms with Crippen molar-refractivity contribution in [3.05, 3.63) is 30.1 Å². The van der Waals surface area contributed by atoms with Crippen molar-refractivity contribution in [1.82, 2.24) is 14.8 Å². The van der Waals surface area contributed by atoms with Gasteiger partial charge in [-0.1, -0.05) is 6.07 Å². The Labute approximate surface area is 127 Å². The minimum absolute atomic E-state index is 0.287. The monoisotopic (exact) mass is 287 g/mol. The van der Waals surface area contributed by atoms with E-state index in [1.807, 2.05) is 12.3 Å². The van der Waals surface area contributed by atoms with Crippen molar-refractivity contribution in [1.29, 1.82) is 0 Å². The Morgan fingerprint density at radius 3 is 2.81 bits per heavy atom. The molecule has 2 heterocycles. The van der Waals surface area contributed by atoms with Crippen LogP contribution >= 0.6 is 0 Å². The molecule has 1 saturated carbocycles. The molecule has 3 rings (SSSR count). The summed E-state index contributed by atoms with van der Waals surface area (Å²) in [5, 5.41) is 0. The van der Waals surface area contributed by atoms with Gasteiger partial charge in [0.2, 0.25) is 5.91 Å². The summed E-state index contributed by atoms with van der Waals surface area (Å²) in [6.45, 7) is 0.902. The second kappa shape index (κ2) is 6.14. The zero-order valence-corrected chi connectivity index (χ0v) is 13.0. The van der Waals surface area contributed by atoms with E-state index in [2.05, 4.69) is 34.9 Å². The van der Waals surface area contributed by atoms with Crippen LogP contribution in [0.15, 0.2) is 24.5 Å². The average Bonchev–Trinajstić information content (AvgIpc) is 3.17. The number of aromatic nitrogens is 1. The minimum atomic E-state index is 0.287. The van der Waals surface area contributed by atoms with E-state index in [1.54, 1.807) is 6.20 Å². The summed E-state index contributed by atoms with van der Waals surface area (Å²) in [7, 11) is 4.24. The highest BCUT2D eigenvalue weighted by atomic mass is 16.2. The third-order valence-electron chi connectivity index (χ3n) is 4.82. The summed E-state index contributed by atoms with van der Waals surface area (Å²) < 4.78 is 0. The summed E-state index contributed by atoms with van der Waals surface area (Å²) in [6, 6.07) is 4.83. The lowest BCUT2D eigenvalue weighted by atomic mass is 10.00. The highest BCUT2D eigenvalue weighted by Gasteiger charge is 2.39. The molecule has 1 saturated heterocycles. The van der Waals surface area contributed by atoms with Crippen LogP contribution in [-0.4, -0.2) is 53.4 Å². The van der Waals surface area contributed by atoms with Gasteiger partial charge in [-0.05, 0) is 57.3 Å². The van der Waals surface area contributed by atoms with Gasteiger partial charge < -0.3 is 9.80 Å². The summed E-state index contributed by atoms with van der Waals surface area (Å²) in [5.74, 6) is 1.02. The van der Waals surface area contributed by atoms with Gasteiger partial charge in [-0.15, -0.1) is 0 Å². The van der Waals surface area contributed by atoms with Crippen LogP contribution in [0.25, 0.3) is 0 Å². The van der Waals surface area contributed by atoms with E-state index in [4.69, 9.17) is 0 Å². The number of hydrogen-bond acceptors (Lipinski definition) is 3. The van der Waals surface area contributed by atoms with Crippen molar-refractivity contribution in [3.8, 4) is 0 Å². The van der Waals surface area contributed by atoms with Crippen LogP contribution in [0.3, 0.4) is 0 Å². The molecule has 4 heteroatoms. The number of rotatable bonds is 5. The maximum Gasteiger partial charge on any atom is 0.223 e. The molecule has 2 aliphatic rings. The first-order valence-electron chi connectivity index (χ1n) is 8.00. The predicted octanol–water partition coefficient (Wildman–Crippen LogP) is 1.96. The number of likely N-dealkylation sites (N-methyl/N-ethyl adjacent to an activating group) is 1. The highest BCUT2D eigenvalue weighted by molar-refractivity contribution is 5.77. The van der Waals surface area contributed by atoms with Crippen LogP contribution in [0.2, 0.25) is 0 Å². The van der Waals surface area contributed by atoms with E-state index >= 15 is 0 Å². The molecule has 21 heavy (non-hydrogen) atoms. The minimum Gasteiger partial charge on any atom is -0.338 e. The van der Waals surface area contributed by atoms with Gasteiger partial charge >= 0.3 is 0 Å². The fourth-order valence-corrected chi connectivity index (χ4v) is 3.44. The summed E-state index contributed by atoms with van der Waals surface area (Å²) >= 11 is 0. The first kappa shape index (κ1) is 14.5. The number of carbonyl (C=O) groups excluding carboxylic acids is 1. The Bertz CT molecular complexity index is 484. The van der Waals surface area contributed by atoms with E-state index < -0.39 is 0 Å². The fraction of sp³-hybridized carbons (Fsp3) is 0.647. The number of pyridine rings is 1. The molecule has 2 atom stereocenters. The molecule has 1 aromatic rings. The molecule has 0 unspecified atom stereocenters. The Balaban J connectivity index is 1.73. The first-order valence-corrected chi connectivity index (χ1v) is 8.00. The molecule has 4 nitrogen and oxygen atoms in total. The molecule has 1 aliphatic carbocycles. The number of amides is 1. The van der Waals surface area contributed by atoms with E-state index in [1.165, 1.54) is 18.4 Å². The molecule has 0 spiro atoms. The Hall–Kier alpha value is -1.42. The van der Waals surface area contributed by atoms with Crippen molar-refractivity contribution in [2.24, 2.45) is 5.92 Å². The highest BCUT2D eigenvalue weighted by Crippen LogP contribution is 2.34. The molecule has 0 radical (unpaired) electrons. The number of hydrogen-bond donors (Lipinski definition) is 0. The van der Waals surface area contributed by atoms with E-state index in [-0.39, 0.29) is 6.04 Å². The molecule has 1 aliphatic heterocycles. The van der Waals surface area contributed by atoms with E-state index in [9.17, 15) is 4.79 Å². The lowest BCUT2D eigenvalue weighted by molar-refractivity contribution is -0.132. The Morgan fingerprint density at radius 1 is 1.38 bits per heavy atom. The normalized spacial score (nSPS) is 25.6. The molecule has 114 valence electrons. The second-order valence-corrected chi connectivity index (χ2v) is 6.69. The van der Waals surface area contributed by atoms with Crippen LogP contribution in [0.4, 0.5) is 0 Å². The summed E-state index contributed by atoms with van der Waals surface area (Å²) in [5.41, 5.74) is 1.22. The zero-order chi connectivity index (χ0) is 14.8. The van der Waals surface area contributed by atoms with Gasteiger partial charge in [0.05, 0.1) is 6.04 Å². The van der Waals surface area contributed by atoms with Crippen molar-refractivity contribution < 1.29 is 4.79 Å². The largest absolute Gasteiger partial charge is 0.338 e. The van der Waals surface area contributed by atoms with Gasteiger partial charge in [0.15, 0.2) is 0 Å². The lowest BCUT2D eigenvalue weighted by Gasteiger charge is -2.31. The first-order chi connectivity index (χ1) is 10.1. The maximum atomic E-state index is 12.6. The van der Waals surface area contributed by atoms with E-state index in [0.717, 1.165) is 25.8 Å². The van der Waals surface area contributed by atoms with Gasteiger partial charge in [-0.2, -0.15) is 0 Å². The molecule has 0 N–H and O–H groups in total. The van der Waals surface area contributed by atoms with Crippen molar-refractivity contribution in [3.63, 3.8) is 0 Å². The van der Waals surface area contributed by atoms with Crippen LogP contribution in [0.1, 0.15) is 31.2 Å². The van der Waals surface area contributed by atoms with Crippen molar-refractivity contribution in [2.75, 3.05) is 20.6 Å². The van der Waals surface area contributed by atoms with Gasteiger partial charge in [0.25, 0.3) is 0 Å².